The van der Waals surface area contributed by atoms with Gasteiger partial charge in [-0.05, 0) is 44.8 Å². The van der Waals surface area contributed by atoms with E-state index < -0.39 is 25.4 Å². The summed E-state index contributed by atoms with van der Waals surface area (Å²) in [4.78, 5) is 6.15. The van der Waals surface area contributed by atoms with Crippen molar-refractivity contribution >= 4 is 18.7 Å². The third-order valence-electron chi connectivity index (χ3n) is 6.31. The molecule has 0 saturated carbocycles. The number of halogens is 2. The Morgan fingerprint density at radius 2 is 2.19 bits per heavy atom. The summed E-state index contributed by atoms with van der Waals surface area (Å²) in [6.07, 6.45) is 2.47. The largest absolute Gasteiger partial charge is 0.467 e. The van der Waals surface area contributed by atoms with Crippen LogP contribution in [0.2, 0.25) is 11.8 Å². The molecule has 8 nitrogen and oxygen atoms in total. The van der Waals surface area contributed by atoms with Gasteiger partial charge in [-0.25, -0.2) is 9.37 Å². The number of rotatable bonds is 7. The van der Waals surface area contributed by atoms with Crippen LogP contribution in [-0.4, -0.2) is 69.8 Å². The summed E-state index contributed by atoms with van der Waals surface area (Å²) in [6.45, 7) is 3.80. The lowest BCUT2D eigenvalue weighted by Gasteiger charge is -2.57. The molecule has 0 radical (unpaired) electrons. The summed E-state index contributed by atoms with van der Waals surface area (Å²) in [6, 6.07) is 4.75. The summed E-state index contributed by atoms with van der Waals surface area (Å²) < 4.78 is 31.7. The predicted molar refractivity (Wildman–Crippen MR) is 118 cm³/mol. The van der Waals surface area contributed by atoms with Crippen molar-refractivity contribution in [2.45, 2.75) is 63.3 Å². The second kappa shape index (κ2) is 9.47. The number of alkyl halides is 1. The molecule has 1 unspecified atom stereocenters. The van der Waals surface area contributed by atoms with E-state index in [9.17, 15) is 5.02 Å². The van der Waals surface area contributed by atoms with Crippen molar-refractivity contribution in [3.05, 3.63) is 29.4 Å². The Hall–Kier alpha value is -2.01. The van der Waals surface area contributed by atoms with Gasteiger partial charge in [0.1, 0.15) is 17.5 Å². The monoisotopic (exact) mass is 464 g/mol. The topological polar surface area (TPSA) is 89.8 Å². The minimum atomic E-state index is -1.26. The standard InChI is InChI=1S/C21H27BClFN4O4/c1-21-8-4-5-16(28(21)22(2)29)19(24)18(10-21)32-20-25-11-15(26-27-20)14-7-6-13(23)9-17(14)31-12-30-3/h6-7,9,11,16,18-19,29H,4-5,8,10,12H2,1-3H3/t16?,18-,19+,21-/m0/s1. The number of hydrogen-bond acceptors (Lipinski definition) is 8. The minimum absolute atomic E-state index is 0.0156. The molecule has 0 aliphatic carbocycles. The fraction of sp³-hybridized carbons (Fsp3) is 0.571. The summed E-state index contributed by atoms with van der Waals surface area (Å²) in [5, 5.41) is 19.0. The highest BCUT2D eigenvalue weighted by Crippen LogP contribution is 2.44. The number of ether oxygens (including phenoxy) is 3. The minimum Gasteiger partial charge on any atom is -0.467 e. The van der Waals surface area contributed by atoms with E-state index in [0.717, 1.165) is 12.8 Å². The highest BCUT2D eigenvalue weighted by Gasteiger charge is 2.54. The number of benzene rings is 1. The molecule has 172 valence electrons. The molecule has 2 aliphatic heterocycles. The smallest absolute Gasteiger partial charge is 0.377 e. The molecule has 4 rings (SSSR count). The zero-order valence-electron chi connectivity index (χ0n) is 18.4. The maximum atomic E-state index is 15.3. The summed E-state index contributed by atoms with van der Waals surface area (Å²) in [5.41, 5.74) is 0.771. The molecule has 2 aliphatic rings. The van der Waals surface area contributed by atoms with Gasteiger partial charge in [0.25, 0.3) is 0 Å². The van der Waals surface area contributed by atoms with Crippen molar-refractivity contribution in [2.75, 3.05) is 13.9 Å². The van der Waals surface area contributed by atoms with Crippen molar-refractivity contribution in [1.29, 1.82) is 0 Å². The van der Waals surface area contributed by atoms with E-state index >= 15 is 4.39 Å². The van der Waals surface area contributed by atoms with Crippen LogP contribution in [0.3, 0.4) is 0 Å². The molecule has 11 heteroatoms. The maximum absolute atomic E-state index is 15.3. The zero-order chi connectivity index (χ0) is 22.9. The van der Waals surface area contributed by atoms with Gasteiger partial charge in [-0.2, -0.15) is 0 Å². The van der Waals surface area contributed by atoms with E-state index in [0.29, 0.717) is 34.9 Å². The number of fused-ring (bicyclic) bond motifs is 2. The number of nitrogens with zero attached hydrogens (tertiary/aromatic N) is 4. The third kappa shape index (κ3) is 4.55. The maximum Gasteiger partial charge on any atom is 0.377 e. The van der Waals surface area contributed by atoms with Crippen LogP contribution in [0.5, 0.6) is 11.8 Å². The van der Waals surface area contributed by atoms with Crippen molar-refractivity contribution in [1.82, 2.24) is 20.0 Å². The molecule has 1 N–H and O–H groups in total. The predicted octanol–water partition coefficient (Wildman–Crippen LogP) is 3.39. The van der Waals surface area contributed by atoms with Gasteiger partial charge in [0.05, 0.1) is 6.20 Å². The van der Waals surface area contributed by atoms with E-state index in [1.807, 2.05) is 4.81 Å². The normalized spacial score (nSPS) is 27.8. The second-order valence-corrected chi connectivity index (χ2v) is 9.05. The van der Waals surface area contributed by atoms with E-state index in [1.54, 1.807) is 25.0 Å². The van der Waals surface area contributed by atoms with Crippen molar-refractivity contribution in [2.24, 2.45) is 0 Å². The molecular formula is C21H27BClFN4O4. The van der Waals surface area contributed by atoms with Crippen LogP contribution < -0.4 is 9.47 Å². The Bertz CT molecular complexity index is 941. The van der Waals surface area contributed by atoms with Crippen LogP contribution in [0, 0.1) is 0 Å². The highest BCUT2D eigenvalue weighted by molar-refractivity contribution is 6.45. The first-order valence-electron chi connectivity index (χ1n) is 10.7. The van der Waals surface area contributed by atoms with Crippen LogP contribution in [0.1, 0.15) is 32.6 Å². The molecule has 1 aromatic carbocycles. The molecule has 2 aromatic rings. The van der Waals surface area contributed by atoms with Crippen LogP contribution >= 0.6 is 11.6 Å². The fourth-order valence-corrected chi connectivity index (χ4v) is 5.20. The number of hydrogen-bond donors (Lipinski definition) is 1. The summed E-state index contributed by atoms with van der Waals surface area (Å²) in [7, 11) is 0.812. The summed E-state index contributed by atoms with van der Waals surface area (Å²) in [5.74, 6) is 0.485. The first-order chi connectivity index (χ1) is 15.3. The van der Waals surface area contributed by atoms with Gasteiger partial charge < -0.3 is 24.0 Å². The number of methoxy groups -OCH3 is 1. The van der Waals surface area contributed by atoms with Crippen molar-refractivity contribution in [3.8, 4) is 23.0 Å². The van der Waals surface area contributed by atoms with Crippen molar-refractivity contribution < 1.29 is 23.6 Å². The van der Waals surface area contributed by atoms with E-state index in [1.165, 1.54) is 13.3 Å². The van der Waals surface area contributed by atoms with Crippen LogP contribution in [0.15, 0.2) is 24.4 Å². The molecule has 32 heavy (non-hydrogen) atoms. The van der Waals surface area contributed by atoms with Gasteiger partial charge in [-0.1, -0.05) is 23.1 Å². The van der Waals surface area contributed by atoms with Gasteiger partial charge in [0, 0.05) is 35.7 Å². The lowest BCUT2D eigenvalue weighted by atomic mass is 9.65. The Morgan fingerprint density at radius 1 is 1.38 bits per heavy atom. The second-order valence-electron chi connectivity index (χ2n) is 8.62. The lowest BCUT2D eigenvalue weighted by molar-refractivity contribution is -0.0850. The lowest BCUT2D eigenvalue weighted by Crippen LogP contribution is -2.70. The van der Waals surface area contributed by atoms with Crippen LogP contribution in [-0.2, 0) is 4.74 Å². The highest BCUT2D eigenvalue weighted by atomic mass is 35.5. The number of piperidine rings is 2. The van der Waals surface area contributed by atoms with E-state index in [4.69, 9.17) is 25.8 Å². The Balaban J connectivity index is 1.51. The van der Waals surface area contributed by atoms with Crippen LogP contribution in [0.25, 0.3) is 11.3 Å². The Morgan fingerprint density at radius 3 is 2.88 bits per heavy atom. The van der Waals surface area contributed by atoms with Gasteiger partial charge >= 0.3 is 13.1 Å². The molecular weight excluding hydrogens is 438 g/mol. The van der Waals surface area contributed by atoms with Gasteiger partial charge in [0.15, 0.2) is 13.0 Å². The van der Waals surface area contributed by atoms with E-state index in [2.05, 4.69) is 22.1 Å². The molecule has 3 heterocycles. The van der Waals surface area contributed by atoms with E-state index in [-0.39, 0.29) is 18.3 Å². The first-order valence-corrected chi connectivity index (χ1v) is 11.1. The van der Waals surface area contributed by atoms with Crippen LogP contribution in [0.4, 0.5) is 4.39 Å². The van der Waals surface area contributed by atoms with Gasteiger partial charge in [-0.3, -0.25) is 0 Å². The Labute approximate surface area is 192 Å². The quantitative estimate of drug-likeness (QED) is 0.493. The SMILES string of the molecule is COCOc1cc(Cl)ccc1-c1cnc(O[C@H]2C[C@]3(C)CCCC([C@H]2F)N3B(C)O)nn1. The molecule has 0 spiro atoms. The molecule has 2 saturated heterocycles. The average Bonchev–Trinajstić information content (AvgIpc) is 2.76. The summed E-state index contributed by atoms with van der Waals surface area (Å²) >= 11 is 6.06. The average molecular weight is 465 g/mol. The third-order valence-corrected chi connectivity index (χ3v) is 6.55. The molecule has 1 aromatic heterocycles. The number of aromatic nitrogens is 3. The van der Waals surface area contributed by atoms with Gasteiger partial charge in [-0.15, -0.1) is 5.10 Å². The zero-order valence-corrected chi connectivity index (χ0v) is 19.1. The molecule has 0 amide bonds. The fourth-order valence-electron chi connectivity index (χ4n) is 5.04. The molecule has 2 bridgehead atoms. The molecule has 2 fully saturated rings. The van der Waals surface area contributed by atoms with Gasteiger partial charge in [0.2, 0.25) is 0 Å². The first kappa shape index (κ1) is 23.2. The Kier molecular flexibility index (Phi) is 6.85. The van der Waals surface area contributed by atoms with Crippen molar-refractivity contribution in [3.63, 3.8) is 0 Å². The molecule has 4 atom stereocenters.